The summed E-state index contributed by atoms with van der Waals surface area (Å²) < 4.78 is 1.03. The molecular weight excluding hydrogens is 324 g/mol. The molecule has 0 saturated carbocycles. The molecule has 0 saturated heterocycles. The van der Waals surface area contributed by atoms with Gasteiger partial charge in [0.05, 0.1) is 6.61 Å². The second-order valence-electron chi connectivity index (χ2n) is 7.61. The Bertz CT molecular complexity index is 713. The Labute approximate surface area is 135 Å². The Hall–Kier alpha value is -0.860. The Morgan fingerprint density at radius 1 is 0.952 bits per heavy atom. The van der Waals surface area contributed by atoms with Crippen molar-refractivity contribution in [2.24, 2.45) is 0 Å². The van der Waals surface area contributed by atoms with Gasteiger partial charge in [0, 0.05) is 4.47 Å². The number of hydrogen-bond donors (Lipinski definition) is 1. The quantitative estimate of drug-likeness (QED) is 0.728. The number of halogens is 1. The fourth-order valence-corrected chi connectivity index (χ4v) is 4.12. The van der Waals surface area contributed by atoms with E-state index in [9.17, 15) is 5.11 Å². The molecule has 0 aliphatic heterocycles. The maximum Gasteiger partial charge on any atom is 0.0688 e. The molecule has 1 nitrogen and oxygen atoms in total. The number of aliphatic hydroxyl groups excluding tert-OH is 1. The molecule has 0 atom stereocenters. The highest BCUT2D eigenvalue weighted by molar-refractivity contribution is 9.10. The van der Waals surface area contributed by atoms with Crippen LogP contribution in [0.2, 0.25) is 0 Å². The van der Waals surface area contributed by atoms with Crippen molar-refractivity contribution in [2.45, 2.75) is 58.0 Å². The molecule has 0 spiro atoms. The Kier molecular flexibility index (Phi) is 3.46. The first-order valence-corrected chi connectivity index (χ1v) is 8.42. The molecule has 21 heavy (non-hydrogen) atoms. The van der Waals surface area contributed by atoms with Crippen molar-refractivity contribution in [1.29, 1.82) is 0 Å². The van der Waals surface area contributed by atoms with E-state index in [0.717, 1.165) is 10.0 Å². The predicted molar refractivity (Wildman–Crippen MR) is 92.9 cm³/mol. The highest BCUT2D eigenvalue weighted by Crippen LogP contribution is 2.47. The van der Waals surface area contributed by atoms with Crippen molar-refractivity contribution in [1.82, 2.24) is 0 Å². The highest BCUT2D eigenvalue weighted by atomic mass is 79.9. The van der Waals surface area contributed by atoms with Crippen LogP contribution in [0.4, 0.5) is 0 Å². The van der Waals surface area contributed by atoms with Gasteiger partial charge in [-0.3, -0.25) is 0 Å². The minimum absolute atomic E-state index is 0.0819. The average molecular weight is 347 g/mol. The molecule has 2 heteroatoms. The predicted octanol–water partition coefficient (Wildman–Crippen LogP) is 5.44. The van der Waals surface area contributed by atoms with Crippen molar-refractivity contribution >= 4 is 26.7 Å². The van der Waals surface area contributed by atoms with E-state index < -0.39 is 0 Å². The summed E-state index contributed by atoms with van der Waals surface area (Å²) in [4.78, 5) is 0. The van der Waals surface area contributed by atoms with E-state index in [1.54, 1.807) is 0 Å². The van der Waals surface area contributed by atoms with Crippen molar-refractivity contribution in [3.63, 3.8) is 0 Å². The number of aliphatic hydroxyl groups is 1. The average Bonchev–Trinajstić information content (AvgIpc) is 2.42. The molecule has 1 N–H and O–H groups in total. The van der Waals surface area contributed by atoms with E-state index in [0.29, 0.717) is 0 Å². The number of hydrogen-bond acceptors (Lipinski definition) is 1. The summed E-state index contributed by atoms with van der Waals surface area (Å²) in [6, 6.07) is 8.85. The second kappa shape index (κ2) is 4.82. The van der Waals surface area contributed by atoms with Gasteiger partial charge in [0.25, 0.3) is 0 Å². The normalized spacial score (nSPS) is 19.5. The van der Waals surface area contributed by atoms with Crippen LogP contribution in [0.25, 0.3) is 10.8 Å². The van der Waals surface area contributed by atoms with Crippen molar-refractivity contribution in [2.75, 3.05) is 0 Å². The number of fused-ring (bicyclic) bond motifs is 2. The molecule has 2 aromatic carbocycles. The topological polar surface area (TPSA) is 20.2 Å². The lowest BCUT2D eigenvalue weighted by Crippen LogP contribution is -2.33. The zero-order chi connectivity index (χ0) is 15.4. The van der Waals surface area contributed by atoms with Crippen LogP contribution in [-0.4, -0.2) is 5.11 Å². The Morgan fingerprint density at radius 3 is 2.10 bits per heavy atom. The monoisotopic (exact) mass is 346 g/mol. The van der Waals surface area contributed by atoms with Crippen molar-refractivity contribution in [3.05, 3.63) is 45.4 Å². The lowest BCUT2D eigenvalue weighted by Gasteiger charge is -2.42. The third-order valence-corrected chi connectivity index (χ3v) is 5.60. The molecule has 0 bridgehead atoms. The summed E-state index contributed by atoms with van der Waals surface area (Å²) in [6.07, 6.45) is 2.43. The van der Waals surface area contributed by atoms with E-state index in [-0.39, 0.29) is 17.4 Å². The lowest BCUT2D eigenvalue weighted by atomic mass is 9.62. The van der Waals surface area contributed by atoms with Gasteiger partial charge in [-0.2, -0.15) is 0 Å². The molecule has 112 valence electrons. The van der Waals surface area contributed by atoms with Gasteiger partial charge in [0.2, 0.25) is 0 Å². The van der Waals surface area contributed by atoms with Gasteiger partial charge in [-0.15, -0.1) is 0 Å². The first-order chi connectivity index (χ1) is 9.74. The molecule has 0 radical (unpaired) electrons. The van der Waals surface area contributed by atoms with Crippen LogP contribution in [0.3, 0.4) is 0 Å². The largest absolute Gasteiger partial charge is 0.392 e. The zero-order valence-electron chi connectivity index (χ0n) is 13.3. The molecule has 0 heterocycles. The minimum Gasteiger partial charge on any atom is -0.392 e. The first-order valence-electron chi connectivity index (χ1n) is 7.63. The molecule has 0 aromatic heterocycles. The summed E-state index contributed by atoms with van der Waals surface area (Å²) >= 11 is 3.56. The maximum absolute atomic E-state index is 9.68. The van der Waals surface area contributed by atoms with Crippen LogP contribution in [0.15, 0.2) is 28.7 Å². The van der Waals surface area contributed by atoms with Crippen LogP contribution < -0.4 is 0 Å². The van der Waals surface area contributed by atoms with Crippen LogP contribution >= 0.6 is 15.9 Å². The zero-order valence-corrected chi connectivity index (χ0v) is 14.8. The molecule has 3 rings (SSSR count). The van der Waals surface area contributed by atoms with Gasteiger partial charge >= 0.3 is 0 Å². The molecular formula is C19H23BrO. The molecule has 0 amide bonds. The van der Waals surface area contributed by atoms with Gasteiger partial charge in [0.1, 0.15) is 0 Å². The van der Waals surface area contributed by atoms with Crippen LogP contribution in [0, 0.1) is 0 Å². The SMILES string of the molecule is CC1(C)CCC(C)(C)c2cc3c(CO)cc(Br)cc3cc21. The van der Waals surface area contributed by atoms with E-state index in [1.165, 1.54) is 34.7 Å². The third kappa shape index (κ3) is 2.43. The smallest absolute Gasteiger partial charge is 0.0688 e. The van der Waals surface area contributed by atoms with Gasteiger partial charge in [-0.1, -0.05) is 49.7 Å². The second-order valence-corrected chi connectivity index (χ2v) is 8.53. The molecule has 1 aliphatic rings. The highest BCUT2D eigenvalue weighted by Gasteiger charge is 2.37. The number of rotatable bonds is 1. The molecule has 0 unspecified atom stereocenters. The van der Waals surface area contributed by atoms with Crippen LogP contribution in [0.5, 0.6) is 0 Å². The summed E-state index contributed by atoms with van der Waals surface area (Å²) in [5.41, 5.74) is 4.34. The van der Waals surface area contributed by atoms with Crippen molar-refractivity contribution in [3.8, 4) is 0 Å². The first kappa shape index (κ1) is 15.1. The van der Waals surface area contributed by atoms with Gasteiger partial charge in [-0.25, -0.2) is 0 Å². The maximum atomic E-state index is 9.68. The van der Waals surface area contributed by atoms with Gasteiger partial charge in [0.15, 0.2) is 0 Å². The number of benzene rings is 2. The van der Waals surface area contributed by atoms with Crippen LogP contribution in [-0.2, 0) is 17.4 Å². The molecule has 2 aromatic rings. The van der Waals surface area contributed by atoms with Gasteiger partial charge in [-0.05, 0) is 69.3 Å². The summed E-state index contributed by atoms with van der Waals surface area (Å²) in [5.74, 6) is 0. The summed E-state index contributed by atoms with van der Waals surface area (Å²) in [5, 5.41) is 12.1. The van der Waals surface area contributed by atoms with E-state index >= 15 is 0 Å². The van der Waals surface area contributed by atoms with E-state index in [1.807, 2.05) is 6.07 Å². The standard InChI is InChI=1S/C19H23BrO/c1-18(2)5-6-19(3,4)17-10-15-12(9-16(17)18)7-14(20)8-13(15)11-21/h7-10,21H,5-6,11H2,1-4H3. The Morgan fingerprint density at radius 2 is 1.52 bits per heavy atom. The third-order valence-electron chi connectivity index (χ3n) is 5.14. The minimum atomic E-state index is 0.0819. The van der Waals surface area contributed by atoms with Crippen molar-refractivity contribution < 1.29 is 5.11 Å². The van der Waals surface area contributed by atoms with Crippen LogP contribution in [0.1, 0.15) is 57.2 Å². The fourth-order valence-electron chi connectivity index (χ4n) is 3.59. The van der Waals surface area contributed by atoms with E-state index in [2.05, 4.69) is 61.8 Å². The lowest BCUT2D eigenvalue weighted by molar-refractivity contribution is 0.283. The summed E-state index contributed by atoms with van der Waals surface area (Å²) in [6.45, 7) is 9.45. The fraction of sp³-hybridized carbons (Fsp3) is 0.474. The molecule has 1 aliphatic carbocycles. The summed E-state index contributed by atoms with van der Waals surface area (Å²) in [7, 11) is 0. The van der Waals surface area contributed by atoms with Gasteiger partial charge < -0.3 is 5.11 Å². The molecule has 0 fully saturated rings. The van der Waals surface area contributed by atoms with E-state index in [4.69, 9.17) is 0 Å². The Balaban J connectivity index is 2.38.